The molecule has 0 aromatic heterocycles. The Morgan fingerprint density at radius 3 is 2.14 bits per heavy atom. The van der Waals surface area contributed by atoms with Crippen molar-refractivity contribution < 1.29 is 12.9 Å². The van der Waals surface area contributed by atoms with Crippen LogP contribution in [-0.2, 0) is 6.54 Å². The Morgan fingerprint density at radius 2 is 1.62 bits per heavy atom. The van der Waals surface area contributed by atoms with Crippen molar-refractivity contribution in [2.75, 3.05) is 26.2 Å². The van der Waals surface area contributed by atoms with Gasteiger partial charge in [0.05, 0.1) is 0 Å². The van der Waals surface area contributed by atoms with Gasteiger partial charge in [-0.1, -0.05) is 11.1 Å². The number of rotatable bonds is 3. The van der Waals surface area contributed by atoms with Gasteiger partial charge in [-0.2, -0.15) is 0 Å². The highest BCUT2D eigenvalue weighted by atomic mass is 32.1. The zero-order chi connectivity index (χ0) is 15.8. The molecule has 0 spiro atoms. The highest BCUT2D eigenvalue weighted by Crippen LogP contribution is 2.28. The summed E-state index contributed by atoms with van der Waals surface area (Å²) in [6.45, 7) is 4.01. The van der Waals surface area contributed by atoms with E-state index in [1.54, 1.807) is 6.92 Å². The molecule has 0 saturated carbocycles. The van der Waals surface area contributed by atoms with Crippen LogP contribution < -0.4 is 10.8 Å². The molecule has 2 rings (SSSR count). The van der Waals surface area contributed by atoms with Gasteiger partial charge in [-0.15, -0.1) is 18.1 Å². The van der Waals surface area contributed by atoms with Gasteiger partial charge in [0, 0.05) is 37.6 Å². The van der Waals surface area contributed by atoms with Crippen LogP contribution in [0.4, 0.5) is 12.9 Å². The van der Waals surface area contributed by atoms with Crippen LogP contribution in [0.1, 0.15) is 22.3 Å². The first-order valence-corrected chi connectivity index (χ1v) is 7.62. The van der Waals surface area contributed by atoms with Crippen molar-refractivity contribution in [2.45, 2.75) is 32.2 Å². The lowest BCUT2D eigenvalue weighted by Gasteiger charge is -2.31. The number of hydrogen-bond acceptors (Lipinski definition) is 3. The lowest BCUT2D eigenvalue weighted by atomic mass is 9.72. The zero-order valence-corrected chi connectivity index (χ0v) is 13.5. The molecule has 7 heteroatoms. The van der Waals surface area contributed by atoms with Crippen LogP contribution in [0, 0.1) is 20.8 Å². The average molecular weight is 317 g/mol. The summed E-state index contributed by atoms with van der Waals surface area (Å²) in [5.41, 5.74) is 1.81. The topological polar surface area (TPSA) is 15.3 Å². The molecule has 2 nitrogen and oxygen atoms in total. The third-order valence-electron chi connectivity index (χ3n) is 4.34. The van der Waals surface area contributed by atoms with Crippen LogP contribution in [0.25, 0.3) is 0 Å². The lowest BCUT2D eigenvalue weighted by molar-refractivity contribution is 0.232. The number of nitrogens with one attached hydrogen (secondary N) is 1. The number of benzene rings is 1. The smallest absolute Gasteiger partial charge is 0.445 e. The molecule has 0 aliphatic carbocycles. The van der Waals surface area contributed by atoms with E-state index in [4.69, 9.17) is 0 Å². The van der Waals surface area contributed by atoms with Crippen molar-refractivity contribution in [3.63, 3.8) is 0 Å². The third kappa shape index (κ3) is 3.40. The van der Waals surface area contributed by atoms with Crippen molar-refractivity contribution in [3.05, 3.63) is 22.3 Å². The van der Waals surface area contributed by atoms with E-state index in [0.717, 1.165) is 37.3 Å². The fourth-order valence-corrected chi connectivity index (χ4v) is 3.35. The summed E-state index contributed by atoms with van der Waals surface area (Å²) in [7, 11) is 0. The minimum absolute atomic E-state index is 0.255. The average Bonchev–Trinajstić information content (AvgIpc) is 2.41. The van der Waals surface area contributed by atoms with Crippen LogP contribution in [-0.4, -0.2) is 38.1 Å². The normalized spacial score (nSPS) is 17.3. The molecule has 1 heterocycles. The van der Waals surface area contributed by atoms with Crippen LogP contribution in [0.15, 0.2) is 4.90 Å². The van der Waals surface area contributed by atoms with Gasteiger partial charge in [-0.3, -0.25) is 4.90 Å². The number of halogens is 3. The molecule has 0 atom stereocenters. The number of piperazine rings is 1. The Hall–Kier alpha value is -0.655. The Morgan fingerprint density at radius 1 is 1.05 bits per heavy atom. The molecule has 0 amide bonds. The summed E-state index contributed by atoms with van der Waals surface area (Å²) < 4.78 is 40.2. The molecular formula is C14H21BF3N2S-. The highest BCUT2D eigenvalue weighted by molar-refractivity contribution is 7.80. The van der Waals surface area contributed by atoms with E-state index in [9.17, 15) is 12.9 Å². The summed E-state index contributed by atoms with van der Waals surface area (Å²) >= 11 is 4.33. The second kappa shape index (κ2) is 6.22. The Labute approximate surface area is 129 Å². The van der Waals surface area contributed by atoms with E-state index >= 15 is 0 Å². The van der Waals surface area contributed by atoms with E-state index < -0.39 is 12.4 Å². The Balaban J connectivity index is 2.47. The van der Waals surface area contributed by atoms with Crippen molar-refractivity contribution in [1.82, 2.24) is 10.2 Å². The first kappa shape index (κ1) is 16.7. The molecule has 21 heavy (non-hydrogen) atoms. The van der Waals surface area contributed by atoms with Gasteiger partial charge in [-0.25, -0.2) is 0 Å². The molecule has 0 bridgehead atoms. The first-order valence-electron chi connectivity index (χ1n) is 7.18. The van der Waals surface area contributed by atoms with Crippen LogP contribution in [0.2, 0.25) is 0 Å². The summed E-state index contributed by atoms with van der Waals surface area (Å²) in [6, 6.07) is 0. The van der Waals surface area contributed by atoms with Crippen molar-refractivity contribution in [3.8, 4) is 0 Å². The van der Waals surface area contributed by atoms with Gasteiger partial charge in [-0.05, 0) is 31.9 Å². The maximum absolute atomic E-state index is 13.4. The highest BCUT2D eigenvalue weighted by Gasteiger charge is 2.32. The second-order valence-corrected chi connectivity index (χ2v) is 6.16. The van der Waals surface area contributed by atoms with Gasteiger partial charge in [0.25, 0.3) is 0 Å². The minimum Gasteiger partial charge on any atom is -0.445 e. The summed E-state index contributed by atoms with van der Waals surface area (Å²) in [5, 5.41) is 3.25. The molecule has 1 aliphatic heterocycles. The number of thiol groups is 1. The summed E-state index contributed by atoms with van der Waals surface area (Å²) in [6.07, 6.45) is 0. The van der Waals surface area contributed by atoms with E-state index in [-0.39, 0.29) is 5.56 Å². The molecule has 1 N–H and O–H groups in total. The van der Waals surface area contributed by atoms with E-state index in [2.05, 4.69) is 22.8 Å². The van der Waals surface area contributed by atoms with Gasteiger partial charge >= 0.3 is 6.98 Å². The second-order valence-electron chi connectivity index (χ2n) is 5.72. The summed E-state index contributed by atoms with van der Waals surface area (Å²) in [4.78, 5) is 2.67. The van der Waals surface area contributed by atoms with E-state index in [1.807, 2.05) is 6.92 Å². The first-order chi connectivity index (χ1) is 9.73. The molecule has 1 fully saturated rings. The molecule has 1 aromatic rings. The molecule has 1 aliphatic rings. The minimum atomic E-state index is -5.02. The molecular weight excluding hydrogens is 296 g/mol. The van der Waals surface area contributed by atoms with E-state index in [0.29, 0.717) is 17.0 Å². The van der Waals surface area contributed by atoms with Crippen molar-refractivity contribution >= 4 is 25.1 Å². The lowest BCUT2D eigenvalue weighted by Crippen LogP contribution is -2.44. The Kier molecular flexibility index (Phi) is 4.95. The third-order valence-corrected chi connectivity index (χ3v) is 5.01. The monoisotopic (exact) mass is 317 g/mol. The van der Waals surface area contributed by atoms with Crippen LogP contribution >= 0.6 is 12.6 Å². The number of nitrogens with zero attached hydrogens (tertiary/aromatic N) is 1. The molecule has 1 aromatic carbocycles. The molecule has 1 saturated heterocycles. The maximum Gasteiger partial charge on any atom is 0.510 e. The fraction of sp³-hybridized carbons (Fsp3) is 0.571. The standard InChI is InChI=1S/C14H21BF3N2S/c1-9-12(8-20-6-4-19-5-7-20)10(2)14(21)11(3)13(9)15(16,17)18/h19,21H,4-8H2,1-3H3/q-1. The number of hydrogen-bond donors (Lipinski definition) is 2. The maximum atomic E-state index is 13.4. The SMILES string of the molecule is Cc1c(S)c(C)c([B-](F)(F)F)c(C)c1CN1CCNCC1. The molecule has 118 valence electrons. The predicted molar refractivity (Wildman–Crippen MR) is 84.8 cm³/mol. The largest absolute Gasteiger partial charge is 0.510 e. The van der Waals surface area contributed by atoms with Gasteiger partial charge in [0.1, 0.15) is 0 Å². The summed E-state index contributed by atoms with van der Waals surface area (Å²) in [5.74, 6) is 0. The van der Waals surface area contributed by atoms with Crippen molar-refractivity contribution in [2.24, 2.45) is 0 Å². The van der Waals surface area contributed by atoms with Crippen molar-refractivity contribution in [1.29, 1.82) is 0 Å². The molecule has 0 unspecified atom stereocenters. The molecule has 0 radical (unpaired) electrons. The fourth-order valence-electron chi connectivity index (χ4n) is 3.10. The quantitative estimate of drug-likeness (QED) is 0.657. The van der Waals surface area contributed by atoms with Crippen LogP contribution in [0.3, 0.4) is 0 Å². The van der Waals surface area contributed by atoms with Gasteiger partial charge in [0.15, 0.2) is 0 Å². The van der Waals surface area contributed by atoms with Crippen LogP contribution in [0.5, 0.6) is 0 Å². The van der Waals surface area contributed by atoms with E-state index in [1.165, 1.54) is 6.92 Å². The van der Waals surface area contributed by atoms with Gasteiger partial charge in [0.2, 0.25) is 0 Å². The van der Waals surface area contributed by atoms with Gasteiger partial charge < -0.3 is 18.3 Å². The Bertz CT molecular complexity index is 540. The predicted octanol–water partition coefficient (Wildman–Crippen LogP) is 2.36. The zero-order valence-electron chi connectivity index (χ0n) is 12.6.